The van der Waals surface area contributed by atoms with E-state index >= 15 is 0 Å². The SMILES string of the molecule is Cc1cc(/C=C2\SC(=S)N(CCc3ccccc3)C2=O)c(C)n1C. The van der Waals surface area contributed by atoms with Gasteiger partial charge in [-0.15, -0.1) is 0 Å². The fourth-order valence-electron chi connectivity index (χ4n) is 2.75. The predicted octanol–water partition coefficient (Wildman–Crippen LogP) is 4.09. The third-order valence-electron chi connectivity index (χ3n) is 4.44. The van der Waals surface area contributed by atoms with E-state index in [0.29, 0.717) is 15.8 Å². The smallest absolute Gasteiger partial charge is 0.266 e. The number of hydrogen-bond donors (Lipinski definition) is 0. The Bertz CT molecular complexity index is 821. The van der Waals surface area contributed by atoms with Crippen LogP contribution in [-0.4, -0.2) is 26.2 Å². The summed E-state index contributed by atoms with van der Waals surface area (Å²) < 4.78 is 2.77. The molecule has 3 rings (SSSR count). The van der Waals surface area contributed by atoms with E-state index in [1.165, 1.54) is 23.0 Å². The molecule has 1 fully saturated rings. The molecular weight excluding hydrogens is 336 g/mol. The second-order valence-electron chi connectivity index (χ2n) is 5.95. The lowest BCUT2D eigenvalue weighted by Crippen LogP contribution is -2.30. The van der Waals surface area contributed by atoms with Gasteiger partial charge in [-0.1, -0.05) is 54.3 Å². The van der Waals surface area contributed by atoms with Gasteiger partial charge in [-0.3, -0.25) is 9.69 Å². The Morgan fingerprint density at radius 3 is 2.54 bits per heavy atom. The van der Waals surface area contributed by atoms with Gasteiger partial charge in [-0.05, 0) is 43.5 Å². The molecule has 0 radical (unpaired) electrons. The van der Waals surface area contributed by atoms with E-state index in [1.54, 1.807) is 4.90 Å². The maximum Gasteiger partial charge on any atom is 0.266 e. The summed E-state index contributed by atoms with van der Waals surface area (Å²) in [5.41, 5.74) is 4.63. The quantitative estimate of drug-likeness (QED) is 0.609. The van der Waals surface area contributed by atoms with E-state index in [-0.39, 0.29) is 5.91 Å². The minimum atomic E-state index is 0.0156. The Morgan fingerprint density at radius 2 is 1.92 bits per heavy atom. The molecule has 1 aromatic carbocycles. The van der Waals surface area contributed by atoms with Crippen LogP contribution >= 0.6 is 24.0 Å². The third-order valence-corrected chi connectivity index (χ3v) is 5.82. The number of benzene rings is 1. The lowest BCUT2D eigenvalue weighted by molar-refractivity contribution is -0.122. The van der Waals surface area contributed by atoms with E-state index in [2.05, 4.69) is 36.6 Å². The van der Waals surface area contributed by atoms with E-state index in [4.69, 9.17) is 12.2 Å². The zero-order chi connectivity index (χ0) is 17.3. The molecule has 0 unspecified atom stereocenters. The number of thiocarbonyl (C=S) groups is 1. The Labute approximate surface area is 152 Å². The zero-order valence-corrected chi connectivity index (χ0v) is 15.7. The summed E-state index contributed by atoms with van der Waals surface area (Å²) in [6.45, 7) is 4.75. The highest BCUT2D eigenvalue weighted by Gasteiger charge is 2.31. The minimum absolute atomic E-state index is 0.0156. The van der Waals surface area contributed by atoms with E-state index in [9.17, 15) is 4.79 Å². The van der Waals surface area contributed by atoms with Crippen molar-refractivity contribution in [1.29, 1.82) is 0 Å². The summed E-state index contributed by atoms with van der Waals surface area (Å²) >= 11 is 6.81. The van der Waals surface area contributed by atoms with Gasteiger partial charge in [0.15, 0.2) is 0 Å². The molecule has 124 valence electrons. The van der Waals surface area contributed by atoms with Gasteiger partial charge in [0.25, 0.3) is 5.91 Å². The molecule has 2 heterocycles. The van der Waals surface area contributed by atoms with Crippen molar-refractivity contribution in [3.05, 3.63) is 63.8 Å². The number of rotatable bonds is 4. The van der Waals surface area contributed by atoms with Crippen molar-refractivity contribution in [2.24, 2.45) is 7.05 Å². The summed E-state index contributed by atoms with van der Waals surface area (Å²) in [5, 5.41) is 0. The molecule has 0 atom stereocenters. The predicted molar refractivity (Wildman–Crippen MR) is 105 cm³/mol. The fraction of sp³-hybridized carbons (Fsp3) is 0.263. The fourth-order valence-corrected chi connectivity index (χ4v) is 4.05. The highest BCUT2D eigenvalue weighted by molar-refractivity contribution is 8.26. The van der Waals surface area contributed by atoms with Crippen LogP contribution in [0.1, 0.15) is 22.5 Å². The van der Waals surface area contributed by atoms with Crippen LogP contribution in [-0.2, 0) is 18.3 Å². The molecule has 1 aliphatic heterocycles. The highest BCUT2D eigenvalue weighted by atomic mass is 32.2. The molecular formula is C19H20N2OS2. The van der Waals surface area contributed by atoms with Crippen molar-refractivity contribution in [3.63, 3.8) is 0 Å². The Kier molecular flexibility index (Phi) is 4.92. The average molecular weight is 357 g/mol. The molecule has 0 saturated carbocycles. The van der Waals surface area contributed by atoms with Crippen LogP contribution in [0.3, 0.4) is 0 Å². The Balaban J connectivity index is 1.76. The maximum atomic E-state index is 12.7. The second-order valence-corrected chi connectivity index (χ2v) is 7.63. The molecule has 0 N–H and O–H groups in total. The summed E-state index contributed by atoms with van der Waals surface area (Å²) in [6, 6.07) is 12.3. The van der Waals surface area contributed by atoms with Crippen LogP contribution in [0.5, 0.6) is 0 Å². The summed E-state index contributed by atoms with van der Waals surface area (Å²) in [6.07, 6.45) is 2.77. The van der Waals surface area contributed by atoms with Gasteiger partial charge in [0.2, 0.25) is 0 Å². The van der Waals surface area contributed by atoms with Crippen LogP contribution in [0.15, 0.2) is 41.3 Å². The summed E-state index contributed by atoms with van der Waals surface area (Å²) in [4.78, 5) is 15.1. The number of aromatic nitrogens is 1. The molecule has 0 aliphatic carbocycles. The van der Waals surface area contributed by atoms with Gasteiger partial charge in [-0.2, -0.15) is 0 Å². The van der Waals surface area contributed by atoms with E-state index in [0.717, 1.165) is 17.7 Å². The third kappa shape index (κ3) is 3.32. The molecule has 1 saturated heterocycles. The van der Waals surface area contributed by atoms with Crippen LogP contribution in [0, 0.1) is 13.8 Å². The average Bonchev–Trinajstić information content (AvgIpc) is 2.98. The topological polar surface area (TPSA) is 25.2 Å². The van der Waals surface area contributed by atoms with Crippen LogP contribution in [0.4, 0.5) is 0 Å². The second kappa shape index (κ2) is 6.95. The molecule has 1 aliphatic rings. The van der Waals surface area contributed by atoms with Crippen LogP contribution in [0.25, 0.3) is 6.08 Å². The van der Waals surface area contributed by atoms with Crippen molar-refractivity contribution in [3.8, 4) is 0 Å². The normalized spacial score (nSPS) is 16.5. The molecule has 24 heavy (non-hydrogen) atoms. The van der Waals surface area contributed by atoms with Gasteiger partial charge in [0, 0.05) is 25.0 Å². The lowest BCUT2D eigenvalue weighted by Gasteiger charge is -2.14. The maximum absolute atomic E-state index is 12.7. The molecule has 5 heteroatoms. The number of aryl methyl sites for hydroxylation is 1. The number of thioether (sulfide) groups is 1. The number of nitrogens with zero attached hydrogens (tertiary/aromatic N) is 2. The van der Waals surface area contributed by atoms with Crippen LogP contribution in [0.2, 0.25) is 0 Å². The zero-order valence-electron chi connectivity index (χ0n) is 14.1. The number of hydrogen-bond acceptors (Lipinski definition) is 3. The molecule has 0 spiro atoms. The van der Waals surface area contributed by atoms with Crippen molar-refractivity contribution >= 4 is 40.3 Å². The van der Waals surface area contributed by atoms with E-state index < -0.39 is 0 Å². The Hall–Kier alpha value is -1.85. The van der Waals surface area contributed by atoms with Crippen molar-refractivity contribution in [2.45, 2.75) is 20.3 Å². The van der Waals surface area contributed by atoms with Gasteiger partial charge in [-0.25, -0.2) is 0 Å². The first-order valence-electron chi connectivity index (χ1n) is 7.89. The van der Waals surface area contributed by atoms with Crippen molar-refractivity contribution in [2.75, 3.05) is 6.54 Å². The van der Waals surface area contributed by atoms with Gasteiger partial charge < -0.3 is 4.57 Å². The number of amides is 1. The molecule has 1 aromatic heterocycles. The van der Waals surface area contributed by atoms with Crippen molar-refractivity contribution < 1.29 is 4.79 Å². The van der Waals surface area contributed by atoms with Gasteiger partial charge in [0.05, 0.1) is 4.91 Å². The summed E-state index contributed by atoms with van der Waals surface area (Å²) in [7, 11) is 2.03. The molecule has 2 aromatic rings. The molecule has 1 amide bonds. The van der Waals surface area contributed by atoms with Gasteiger partial charge >= 0.3 is 0 Å². The first-order valence-corrected chi connectivity index (χ1v) is 9.12. The first-order chi connectivity index (χ1) is 11.5. The minimum Gasteiger partial charge on any atom is -0.352 e. The Morgan fingerprint density at radius 1 is 1.21 bits per heavy atom. The van der Waals surface area contributed by atoms with Crippen molar-refractivity contribution in [1.82, 2.24) is 9.47 Å². The van der Waals surface area contributed by atoms with Gasteiger partial charge in [0.1, 0.15) is 4.32 Å². The van der Waals surface area contributed by atoms with E-state index in [1.807, 2.05) is 31.3 Å². The number of carbonyl (C=O) groups excluding carboxylic acids is 1. The number of carbonyl (C=O) groups is 1. The summed E-state index contributed by atoms with van der Waals surface area (Å²) in [5.74, 6) is 0.0156. The lowest BCUT2D eigenvalue weighted by atomic mass is 10.1. The largest absolute Gasteiger partial charge is 0.352 e. The highest BCUT2D eigenvalue weighted by Crippen LogP contribution is 2.33. The monoisotopic (exact) mass is 356 g/mol. The van der Waals surface area contributed by atoms with Crippen LogP contribution < -0.4 is 0 Å². The first kappa shape index (κ1) is 17.0. The molecule has 3 nitrogen and oxygen atoms in total. The standard InChI is InChI=1S/C19H20N2OS2/c1-13-11-16(14(2)20(13)3)12-17-18(22)21(19(23)24-17)10-9-15-7-5-4-6-8-15/h4-8,11-12H,9-10H2,1-3H3/b17-12-. The molecule has 0 bridgehead atoms.